The predicted octanol–water partition coefficient (Wildman–Crippen LogP) is 4.54. The average molecular weight is 340 g/mol. The van der Waals surface area contributed by atoms with E-state index in [9.17, 15) is 8.78 Å². The zero-order valence-corrected chi connectivity index (χ0v) is 13.0. The molecule has 1 N–H and O–H groups in total. The Hall–Kier alpha value is -1.26. The van der Waals surface area contributed by atoms with Crippen LogP contribution in [-0.4, -0.2) is 7.05 Å². The van der Waals surface area contributed by atoms with Crippen molar-refractivity contribution in [1.82, 2.24) is 5.32 Å². The van der Waals surface area contributed by atoms with E-state index >= 15 is 0 Å². The molecule has 0 fully saturated rings. The maximum atomic E-state index is 13.8. The molecule has 0 saturated carbocycles. The molecule has 0 aliphatic rings. The number of hydrogen-bond donors (Lipinski definition) is 1. The first-order valence-electron chi connectivity index (χ1n) is 6.38. The van der Waals surface area contributed by atoms with Gasteiger partial charge in [-0.15, -0.1) is 0 Å². The lowest BCUT2D eigenvalue weighted by atomic mass is 9.95. The Kier molecular flexibility index (Phi) is 4.89. The zero-order chi connectivity index (χ0) is 14.7. The van der Waals surface area contributed by atoms with E-state index in [1.165, 1.54) is 18.2 Å². The van der Waals surface area contributed by atoms with Crippen molar-refractivity contribution in [2.24, 2.45) is 0 Å². The highest BCUT2D eigenvalue weighted by Gasteiger charge is 2.15. The second-order valence-electron chi connectivity index (χ2n) is 4.78. The lowest BCUT2D eigenvalue weighted by Crippen LogP contribution is -2.20. The number of benzene rings is 2. The van der Waals surface area contributed by atoms with Crippen LogP contribution in [0.15, 0.2) is 40.9 Å². The van der Waals surface area contributed by atoms with E-state index in [2.05, 4.69) is 21.2 Å². The summed E-state index contributed by atoms with van der Waals surface area (Å²) in [6, 6.07) is 9.53. The quantitative estimate of drug-likeness (QED) is 0.862. The molecule has 1 unspecified atom stereocenters. The largest absolute Gasteiger partial charge is 0.313 e. The monoisotopic (exact) mass is 339 g/mol. The van der Waals surface area contributed by atoms with Crippen molar-refractivity contribution in [2.75, 3.05) is 7.05 Å². The molecule has 0 aromatic heterocycles. The van der Waals surface area contributed by atoms with Crippen LogP contribution in [0.3, 0.4) is 0 Å². The van der Waals surface area contributed by atoms with Gasteiger partial charge in [-0.1, -0.05) is 22.0 Å². The summed E-state index contributed by atoms with van der Waals surface area (Å²) in [5, 5.41) is 3.17. The normalized spacial score (nSPS) is 12.4. The fourth-order valence-corrected chi connectivity index (χ4v) is 2.73. The van der Waals surface area contributed by atoms with Crippen LogP contribution >= 0.6 is 15.9 Å². The third-order valence-electron chi connectivity index (χ3n) is 3.39. The maximum absolute atomic E-state index is 13.8. The number of aryl methyl sites for hydroxylation is 1. The summed E-state index contributed by atoms with van der Waals surface area (Å²) >= 11 is 3.35. The van der Waals surface area contributed by atoms with Gasteiger partial charge in [-0.2, -0.15) is 0 Å². The first kappa shape index (κ1) is 15.1. The van der Waals surface area contributed by atoms with Gasteiger partial charge in [0.2, 0.25) is 0 Å². The summed E-state index contributed by atoms with van der Waals surface area (Å²) in [5.41, 5.74) is 2.47. The molecule has 2 rings (SSSR count). The predicted molar refractivity (Wildman–Crippen MR) is 80.7 cm³/mol. The van der Waals surface area contributed by atoms with E-state index < -0.39 is 0 Å². The van der Waals surface area contributed by atoms with Crippen LogP contribution in [0.25, 0.3) is 0 Å². The minimum Gasteiger partial charge on any atom is -0.313 e. The molecule has 0 aliphatic carbocycles. The first-order valence-corrected chi connectivity index (χ1v) is 7.18. The topological polar surface area (TPSA) is 12.0 Å². The van der Waals surface area contributed by atoms with Crippen molar-refractivity contribution in [1.29, 1.82) is 0 Å². The molecule has 0 amide bonds. The molecule has 106 valence electrons. The van der Waals surface area contributed by atoms with Crippen molar-refractivity contribution in [3.05, 3.63) is 69.2 Å². The summed E-state index contributed by atoms with van der Waals surface area (Å²) < 4.78 is 27.9. The van der Waals surface area contributed by atoms with Crippen molar-refractivity contribution < 1.29 is 8.78 Å². The summed E-state index contributed by atoms with van der Waals surface area (Å²) in [6.45, 7) is 1.86. The van der Waals surface area contributed by atoms with Crippen molar-refractivity contribution in [3.63, 3.8) is 0 Å². The van der Waals surface area contributed by atoms with Gasteiger partial charge in [0, 0.05) is 10.5 Å². The highest BCUT2D eigenvalue weighted by atomic mass is 79.9. The van der Waals surface area contributed by atoms with E-state index in [0.29, 0.717) is 12.0 Å². The molecule has 2 aromatic rings. The summed E-state index contributed by atoms with van der Waals surface area (Å²) in [6.07, 6.45) is 0.508. The molecule has 2 aromatic carbocycles. The second kappa shape index (κ2) is 6.46. The van der Waals surface area contributed by atoms with Gasteiger partial charge in [0.25, 0.3) is 0 Å². The van der Waals surface area contributed by atoms with Crippen LogP contribution in [0, 0.1) is 18.6 Å². The van der Waals surface area contributed by atoms with E-state index in [4.69, 9.17) is 0 Å². The Labute approximate surface area is 126 Å². The van der Waals surface area contributed by atoms with Gasteiger partial charge >= 0.3 is 0 Å². The van der Waals surface area contributed by atoms with E-state index in [1.807, 2.05) is 14.0 Å². The molecule has 0 bridgehead atoms. The molecule has 0 spiro atoms. The van der Waals surface area contributed by atoms with Crippen LogP contribution in [0.1, 0.15) is 22.7 Å². The van der Waals surface area contributed by atoms with Crippen molar-refractivity contribution >= 4 is 15.9 Å². The van der Waals surface area contributed by atoms with Crippen molar-refractivity contribution in [2.45, 2.75) is 19.4 Å². The number of nitrogens with one attached hydrogen (secondary N) is 1. The van der Waals surface area contributed by atoms with E-state index in [1.54, 1.807) is 18.2 Å². The molecule has 1 atom stereocenters. The van der Waals surface area contributed by atoms with E-state index in [0.717, 1.165) is 15.6 Å². The standard InChI is InChI=1S/C16H16BrF2N/c1-10-7-13(18)4-5-14(10)16(20-2)9-11-8-12(17)3-6-15(11)19/h3-8,16,20H,9H2,1-2H3. The fourth-order valence-electron chi connectivity index (χ4n) is 2.32. The van der Waals surface area contributed by atoms with Crippen LogP contribution < -0.4 is 5.32 Å². The Bertz CT molecular complexity index is 613. The number of rotatable bonds is 4. The Morgan fingerprint density at radius 3 is 2.55 bits per heavy atom. The van der Waals surface area contributed by atoms with Crippen LogP contribution in [-0.2, 0) is 6.42 Å². The average Bonchev–Trinajstić information content (AvgIpc) is 2.40. The third kappa shape index (κ3) is 3.44. The zero-order valence-electron chi connectivity index (χ0n) is 11.4. The minimum absolute atomic E-state index is 0.0561. The molecule has 1 nitrogen and oxygen atoms in total. The van der Waals surface area contributed by atoms with E-state index in [-0.39, 0.29) is 17.7 Å². The number of hydrogen-bond acceptors (Lipinski definition) is 1. The lowest BCUT2D eigenvalue weighted by Gasteiger charge is -2.19. The van der Waals surface area contributed by atoms with Gasteiger partial charge < -0.3 is 5.32 Å². The van der Waals surface area contributed by atoms with Gasteiger partial charge in [0.15, 0.2) is 0 Å². The molecule has 0 heterocycles. The van der Waals surface area contributed by atoms with Crippen molar-refractivity contribution in [3.8, 4) is 0 Å². The van der Waals surface area contributed by atoms with Gasteiger partial charge in [-0.3, -0.25) is 0 Å². The summed E-state index contributed by atoms with van der Waals surface area (Å²) in [7, 11) is 1.82. The number of halogens is 3. The molecule has 0 saturated heterocycles. The summed E-state index contributed by atoms with van der Waals surface area (Å²) in [5.74, 6) is -0.483. The molecule has 20 heavy (non-hydrogen) atoms. The Morgan fingerprint density at radius 2 is 1.90 bits per heavy atom. The SMILES string of the molecule is CNC(Cc1cc(Br)ccc1F)c1ccc(F)cc1C. The lowest BCUT2D eigenvalue weighted by molar-refractivity contribution is 0.550. The number of likely N-dealkylation sites (N-methyl/N-ethyl adjacent to an activating group) is 1. The molecule has 0 radical (unpaired) electrons. The maximum Gasteiger partial charge on any atom is 0.126 e. The van der Waals surface area contributed by atoms with Gasteiger partial charge in [0.1, 0.15) is 11.6 Å². The van der Waals surface area contributed by atoms with Gasteiger partial charge in [-0.05, 0) is 67.4 Å². The van der Waals surface area contributed by atoms with Gasteiger partial charge in [-0.25, -0.2) is 8.78 Å². The summed E-state index contributed by atoms with van der Waals surface area (Å²) in [4.78, 5) is 0. The Balaban J connectivity index is 2.31. The third-order valence-corrected chi connectivity index (χ3v) is 3.88. The van der Waals surface area contributed by atoms with Crippen LogP contribution in [0.2, 0.25) is 0 Å². The molecular weight excluding hydrogens is 324 g/mol. The minimum atomic E-state index is -0.255. The molecule has 4 heteroatoms. The second-order valence-corrected chi connectivity index (χ2v) is 5.70. The Morgan fingerprint density at radius 1 is 1.15 bits per heavy atom. The molecule has 0 aliphatic heterocycles. The highest BCUT2D eigenvalue weighted by molar-refractivity contribution is 9.10. The van der Waals surface area contributed by atoms with Crippen LogP contribution in [0.5, 0.6) is 0 Å². The van der Waals surface area contributed by atoms with Crippen LogP contribution in [0.4, 0.5) is 8.78 Å². The first-order chi connectivity index (χ1) is 9.51. The van der Waals surface area contributed by atoms with Gasteiger partial charge in [0.05, 0.1) is 0 Å². The fraction of sp³-hybridized carbons (Fsp3) is 0.250. The smallest absolute Gasteiger partial charge is 0.126 e. The highest BCUT2D eigenvalue weighted by Crippen LogP contribution is 2.25. The molecular formula is C16H16BrF2N.